The summed E-state index contributed by atoms with van der Waals surface area (Å²) in [5.74, 6) is -0.336. The topological polar surface area (TPSA) is 26.3 Å². The molecule has 0 aromatic rings. The highest BCUT2D eigenvalue weighted by atomic mass is 16.5. The minimum atomic E-state index is -0.184. The molecule has 0 aromatic carbocycles. The molecule has 0 rings (SSSR count). The molecule has 14 heavy (non-hydrogen) atoms. The van der Waals surface area contributed by atoms with Gasteiger partial charge in [-0.05, 0) is 6.42 Å². The van der Waals surface area contributed by atoms with E-state index in [2.05, 4.69) is 20.1 Å². The third-order valence-electron chi connectivity index (χ3n) is 2.05. The first kappa shape index (κ1) is 12.9. The molecule has 0 saturated carbocycles. The van der Waals surface area contributed by atoms with Crippen molar-refractivity contribution in [3.63, 3.8) is 0 Å². The lowest BCUT2D eigenvalue weighted by Crippen LogP contribution is -2.15. The van der Waals surface area contributed by atoms with E-state index in [1.165, 1.54) is 0 Å². The Morgan fingerprint density at radius 2 is 2.14 bits per heavy atom. The van der Waals surface area contributed by atoms with Gasteiger partial charge >= 0.3 is 5.97 Å². The van der Waals surface area contributed by atoms with E-state index in [1.807, 2.05) is 0 Å². The average molecular weight is 196 g/mol. The molecule has 0 N–H and O–H groups in total. The highest BCUT2D eigenvalue weighted by molar-refractivity contribution is 5.74. The zero-order valence-corrected chi connectivity index (χ0v) is 9.00. The van der Waals surface area contributed by atoms with Crippen LogP contribution < -0.4 is 0 Å². The Labute approximate surface area is 86.6 Å². The molecule has 2 nitrogen and oxygen atoms in total. The van der Waals surface area contributed by atoms with Gasteiger partial charge in [0.15, 0.2) is 0 Å². The largest absolute Gasteiger partial charge is 0.461 e. The molecular formula is C12H20O2. The van der Waals surface area contributed by atoms with E-state index in [1.54, 1.807) is 12.2 Å². The van der Waals surface area contributed by atoms with Crippen molar-refractivity contribution in [3.05, 3.63) is 25.3 Å². The smallest absolute Gasteiger partial charge is 0.313 e. The second-order valence-electron chi connectivity index (χ2n) is 3.26. The van der Waals surface area contributed by atoms with Crippen molar-refractivity contribution in [1.82, 2.24) is 0 Å². The van der Waals surface area contributed by atoms with E-state index in [-0.39, 0.29) is 18.5 Å². The van der Waals surface area contributed by atoms with Gasteiger partial charge in [0, 0.05) is 0 Å². The Balaban J connectivity index is 3.80. The van der Waals surface area contributed by atoms with Crippen molar-refractivity contribution in [2.75, 3.05) is 6.61 Å². The molecular weight excluding hydrogens is 176 g/mol. The second-order valence-corrected chi connectivity index (χ2v) is 3.26. The van der Waals surface area contributed by atoms with Crippen LogP contribution in [0, 0.1) is 5.92 Å². The molecule has 0 bridgehead atoms. The highest BCUT2D eigenvalue weighted by Crippen LogP contribution is 2.12. The summed E-state index contributed by atoms with van der Waals surface area (Å²) < 4.78 is 4.95. The molecule has 0 fully saturated rings. The second kappa shape index (κ2) is 8.54. The van der Waals surface area contributed by atoms with E-state index in [9.17, 15) is 4.79 Å². The van der Waals surface area contributed by atoms with Crippen molar-refractivity contribution in [3.8, 4) is 0 Å². The van der Waals surface area contributed by atoms with Gasteiger partial charge in [0.1, 0.15) is 6.61 Å². The van der Waals surface area contributed by atoms with Gasteiger partial charge in [-0.1, -0.05) is 44.9 Å². The highest BCUT2D eigenvalue weighted by Gasteiger charge is 2.14. The van der Waals surface area contributed by atoms with Crippen LogP contribution in [-0.4, -0.2) is 12.6 Å². The number of hydrogen-bond donors (Lipinski definition) is 0. The Bertz CT molecular complexity index is 185. The lowest BCUT2D eigenvalue weighted by atomic mass is 10.0. The van der Waals surface area contributed by atoms with Gasteiger partial charge in [-0.25, -0.2) is 0 Å². The van der Waals surface area contributed by atoms with Crippen LogP contribution in [0.3, 0.4) is 0 Å². The van der Waals surface area contributed by atoms with Crippen LogP contribution in [0.25, 0.3) is 0 Å². The minimum Gasteiger partial charge on any atom is -0.461 e. The predicted octanol–water partition coefficient (Wildman–Crippen LogP) is 3.10. The van der Waals surface area contributed by atoms with Crippen LogP contribution in [0.5, 0.6) is 0 Å². The van der Waals surface area contributed by atoms with Gasteiger partial charge in [0.2, 0.25) is 0 Å². The van der Waals surface area contributed by atoms with Gasteiger partial charge in [0.25, 0.3) is 0 Å². The summed E-state index contributed by atoms with van der Waals surface area (Å²) in [6.07, 6.45) is 7.44. The normalized spacial score (nSPS) is 11.8. The van der Waals surface area contributed by atoms with Crippen LogP contribution in [0.4, 0.5) is 0 Å². The van der Waals surface area contributed by atoms with E-state index >= 15 is 0 Å². The molecule has 80 valence electrons. The zero-order chi connectivity index (χ0) is 10.8. The first-order valence-electron chi connectivity index (χ1n) is 5.16. The lowest BCUT2D eigenvalue weighted by Gasteiger charge is -2.10. The summed E-state index contributed by atoms with van der Waals surface area (Å²) in [6.45, 7) is 9.56. The summed E-state index contributed by atoms with van der Waals surface area (Å²) in [5, 5.41) is 0. The maximum absolute atomic E-state index is 11.4. The average Bonchev–Trinajstić information content (AvgIpc) is 2.21. The Kier molecular flexibility index (Phi) is 7.90. The molecule has 0 radical (unpaired) electrons. The van der Waals surface area contributed by atoms with Crippen molar-refractivity contribution >= 4 is 5.97 Å². The van der Waals surface area contributed by atoms with E-state index < -0.39 is 0 Å². The fourth-order valence-electron chi connectivity index (χ4n) is 1.19. The van der Waals surface area contributed by atoms with Crippen molar-refractivity contribution in [2.24, 2.45) is 5.92 Å². The number of carbonyl (C=O) groups excluding carboxylic acids is 1. The summed E-state index contributed by atoms with van der Waals surface area (Å²) in [6, 6.07) is 0. The molecule has 0 aromatic heterocycles. The van der Waals surface area contributed by atoms with E-state index in [0.29, 0.717) is 0 Å². The van der Waals surface area contributed by atoms with Crippen molar-refractivity contribution < 1.29 is 9.53 Å². The van der Waals surface area contributed by atoms with Crippen LogP contribution in [-0.2, 0) is 9.53 Å². The number of unbranched alkanes of at least 4 members (excludes halogenated alkanes) is 2. The number of ether oxygens (including phenoxy) is 1. The first-order valence-corrected chi connectivity index (χ1v) is 5.16. The van der Waals surface area contributed by atoms with Gasteiger partial charge in [0.05, 0.1) is 5.92 Å². The zero-order valence-electron chi connectivity index (χ0n) is 9.00. The molecule has 1 atom stereocenters. The standard InChI is InChI=1S/C12H20O2/c1-4-7-8-9-11(6-3)12(13)14-10-5-2/h5-6,11H,2-4,7-10H2,1H3. The van der Waals surface area contributed by atoms with Gasteiger partial charge < -0.3 is 4.74 Å². The summed E-state index contributed by atoms with van der Waals surface area (Å²) in [5.41, 5.74) is 0. The van der Waals surface area contributed by atoms with Crippen molar-refractivity contribution in [2.45, 2.75) is 32.6 Å². The summed E-state index contributed by atoms with van der Waals surface area (Å²) in [4.78, 5) is 11.4. The Morgan fingerprint density at radius 3 is 2.64 bits per heavy atom. The predicted molar refractivity (Wildman–Crippen MR) is 59.0 cm³/mol. The van der Waals surface area contributed by atoms with Gasteiger partial charge in [-0.3, -0.25) is 4.79 Å². The maximum atomic E-state index is 11.4. The van der Waals surface area contributed by atoms with Crippen LogP contribution in [0.2, 0.25) is 0 Å². The third kappa shape index (κ3) is 5.57. The Morgan fingerprint density at radius 1 is 1.43 bits per heavy atom. The third-order valence-corrected chi connectivity index (χ3v) is 2.05. The van der Waals surface area contributed by atoms with Crippen LogP contribution >= 0.6 is 0 Å². The SMILES string of the molecule is C=CCOC(=O)C(C=C)CCCCC. The molecule has 1 unspecified atom stereocenters. The number of rotatable bonds is 8. The number of esters is 1. The molecule has 2 heteroatoms. The quantitative estimate of drug-likeness (QED) is 0.339. The monoisotopic (exact) mass is 196 g/mol. The first-order chi connectivity index (χ1) is 6.76. The number of carbonyl (C=O) groups is 1. The molecule has 0 saturated heterocycles. The summed E-state index contributed by atoms with van der Waals surface area (Å²) in [7, 11) is 0. The molecule has 0 amide bonds. The Hall–Kier alpha value is -1.05. The van der Waals surface area contributed by atoms with E-state index in [0.717, 1.165) is 25.7 Å². The molecule has 0 spiro atoms. The fourth-order valence-corrected chi connectivity index (χ4v) is 1.19. The van der Waals surface area contributed by atoms with Crippen molar-refractivity contribution in [1.29, 1.82) is 0 Å². The minimum absolute atomic E-state index is 0.151. The van der Waals surface area contributed by atoms with E-state index in [4.69, 9.17) is 4.74 Å². The van der Waals surface area contributed by atoms with Crippen LogP contribution in [0.15, 0.2) is 25.3 Å². The molecule has 0 heterocycles. The van der Waals surface area contributed by atoms with Gasteiger partial charge in [-0.15, -0.1) is 6.58 Å². The molecule has 0 aliphatic rings. The van der Waals surface area contributed by atoms with Gasteiger partial charge in [-0.2, -0.15) is 0 Å². The molecule has 0 aliphatic carbocycles. The van der Waals surface area contributed by atoms with Crippen LogP contribution in [0.1, 0.15) is 32.6 Å². The fraction of sp³-hybridized carbons (Fsp3) is 0.583. The lowest BCUT2D eigenvalue weighted by molar-refractivity contribution is -0.145. The number of hydrogen-bond acceptors (Lipinski definition) is 2. The maximum Gasteiger partial charge on any atom is 0.313 e. The molecule has 0 aliphatic heterocycles. The summed E-state index contributed by atoms with van der Waals surface area (Å²) >= 11 is 0.